The molecule has 0 saturated carbocycles. The number of nitriles is 1. The number of amides is 2. The van der Waals surface area contributed by atoms with Gasteiger partial charge in [-0.05, 0) is 36.2 Å². The average molecular weight is 356 g/mol. The molecule has 0 saturated heterocycles. The first kappa shape index (κ1) is 18.6. The van der Waals surface area contributed by atoms with Gasteiger partial charge in [-0.15, -0.1) is 11.3 Å². The molecule has 1 aromatic heterocycles. The SMILES string of the molecule is CNC(=O)c1ccc(CN(C)CCC(=O)Nc2sccc2C#N)cc1. The van der Waals surface area contributed by atoms with E-state index >= 15 is 0 Å². The maximum atomic E-state index is 12.0. The largest absolute Gasteiger partial charge is 0.355 e. The first-order valence-electron chi connectivity index (χ1n) is 7.80. The zero-order valence-electron chi connectivity index (χ0n) is 14.2. The summed E-state index contributed by atoms with van der Waals surface area (Å²) in [5.74, 6) is -0.220. The minimum absolute atomic E-state index is 0.109. The molecule has 1 aromatic carbocycles. The van der Waals surface area contributed by atoms with Gasteiger partial charge < -0.3 is 15.5 Å². The first-order valence-corrected chi connectivity index (χ1v) is 8.68. The van der Waals surface area contributed by atoms with Gasteiger partial charge in [0, 0.05) is 32.1 Å². The number of hydrogen-bond acceptors (Lipinski definition) is 5. The second-order valence-electron chi connectivity index (χ2n) is 5.59. The maximum Gasteiger partial charge on any atom is 0.251 e. The van der Waals surface area contributed by atoms with Crippen molar-refractivity contribution in [1.29, 1.82) is 5.26 Å². The molecule has 0 aliphatic rings. The summed E-state index contributed by atoms with van der Waals surface area (Å²) in [6, 6.07) is 11.1. The molecular formula is C18H20N4O2S. The monoisotopic (exact) mass is 356 g/mol. The summed E-state index contributed by atoms with van der Waals surface area (Å²) in [5, 5.41) is 16.7. The van der Waals surface area contributed by atoms with Gasteiger partial charge in [-0.2, -0.15) is 5.26 Å². The highest BCUT2D eigenvalue weighted by Gasteiger charge is 2.10. The van der Waals surface area contributed by atoms with Crippen LogP contribution in [0.1, 0.15) is 27.9 Å². The van der Waals surface area contributed by atoms with Gasteiger partial charge >= 0.3 is 0 Å². The van der Waals surface area contributed by atoms with Crippen molar-refractivity contribution in [2.24, 2.45) is 0 Å². The van der Waals surface area contributed by atoms with E-state index < -0.39 is 0 Å². The lowest BCUT2D eigenvalue weighted by molar-refractivity contribution is -0.116. The van der Waals surface area contributed by atoms with Gasteiger partial charge in [0.15, 0.2) is 0 Å². The van der Waals surface area contributed by atoms with Crippen LogP contribution >= 0.6 is 11.3 Å². The smallest absolute Gasteiger partial charge is 0.251 e. The summed E-state index contributed by atoms with van der Waals surface area (Å²) in [6.07, 6.45) is 0.343. The van der Waals surface area contributed by atoms with E-state index in [4.69, 9.17) is 5.26 Å². The van der Waals surface area contributed by atoms with E-state index in [2.05, 4.69) is 16.7 Å². The van der Waals surface area contributed by atoms with Crippen LogP contribution in [0.2, 0.25) is 0 Å². The van der Waals surface area contributed by atoms with Crippen LogP contribution in [0.3, 0.4) is 0 Å². The van der Waals surface area contributed by atoms with E-state index in [1.54, 1.807) is 30.6 Å². The molecule has 25 heavy (non-hydrogen) atoms. The van der Waals surface area contributed by atoms with Crippen LogP contribution in [0, 0.1) is 11.3 Å². The van der Waals surface area contributed by atoms with Crippen molar-refractivity contribution in [2.75, 3.05) is 26.0 Å². The second kappa shape index (κ2) is 8.97. The van der Waals surface area contributed by atoms with E-state index in [0.29, 0.717) is 35.6 Å². The normalized spacial score (nSPS) is 10.3. The number of carbonyl (C=O) groups is 2. The van der Waals surface area contributed by atoms with E-state index in [0.717, 1.165) is 5.56 Å². The third-order valence-electron chi connectivity index (χ3n) is 3.65. The number of nitrogens with zero attached hydrogens (tertiary/aromatic N) is 2. The van der Waals surface area contributed by atoms with Crippen molar-refractivity contribution in [3.63, 3.8) is 0 Å². The first-order chi connectivity index (χ1) is 12.0. The summed E-state index contributed by atoms with van der Waals surface area (Å²) in [6.45, 7) is 1.28. The highest BCUT2D eigenvalue weighted by Crippen LogP contribution is 2.22. The van der Waals surface area contributed by atoms with Crippen molar-refractivity contribution >= 4 is 28.2 Å². The lowest BCUT2D eigenvalue weighted by Gasteiger charge is -2.16. The third kappa shape index (κ3) is 5.41. The Morgan fingerprint density at radius 2 is 1.96 bits per heavy atom. The Balaban J connectivity index is 1.80. The molecule has 2 aromatic rings. The third-order valence-corrected chi connectivity index (χ3v) is 4.48. The Morgan fingerprint density at radius 3 is 2.60 bits per heavy atom. The number of hydrogen-bond donors (Lipinski definition) is 2. The van der Waals surface area contributed by atoms with Crippen LogP contribution in [0.4, 0.5) is 5.00 Å². The highest BCUT2D eigenvalue weighted by molar-refractivity contribution is 7.14. The summed E-state index contributed by atoms with van der Waals surface area (Å²) in [4.78, 5) is 25.6. The molecule has 0 unspecified atom stereocenters. The molecule has 2 N–H and O–H groups in total. The molecule has 0 atom stereocenters. The van der Waals surface area contributed by atoms with Gasteiger partial charge in [-0.3, -0.25) is 9.59 Å². The zero-order chi connectivity index (χ0) is 18.2. The quantitative estimate of drug-likeness (QED) is 0.798. The summed E-state index contributed by atoms with van der Waals surface area (Å²) in [7, 11) is 3.54. The van der Waals surface area contributed by atoms with Crippen molar-refractivity contribution in [3.05, 3.63) is 52.4 Å². The molecule has 0 spiro atoms. The molecule has 6 nitrogen and oxygen atoms in total. The van der Waals surface area contributed by atoms with E-state index in [1.165, 1.54) is 11.3 Å². The lowest BCUT2D eigenvalue weighted by atomic mass is 10.1. The zero-order valence-corrected chi connectivity index (χ0v) is 15.0. The molecule has 0 aliphatic heterocycles. The van der Waals surface area contributed by atoms with Crippen LogP contribution in [0.25, 0.3) is 0 Å². The molecule has 0 fully saturated rings. The molecule has 0 bridgehead atoms. The summed E-state index contributed by atoms with van der Waals surface area (Å²) < 4.78 is 0. The molecule has 2 amide bonds. The molecule has 130 valence electrons. The van der Waals surface area contributed by atoms with Crippen LogP contribution in [0.15, 0.2) is 35.7 Å². The van der Waals surface area contributed by atoms with E-state index in [9.17, 15) is 9.59 Å². The highest BCUT2D eigenvalue weighted by atomic mass is 32.1. The van der Waals surface area contributed by atoms with Gasteiger partial charge in [0.25, 0.3) is 5.91 Å². The Hall–Kier alpha value is -2.69. The van der Waals surface area contributed by atoms with E-state index in [-0.39, 0.29) is 11.8 Å². The van der Waals surface area contributed by atoms with Crippen LogP contribution in [0.5, 0.6) is 0 Å². The fourth-order valence-electron chi connectivity index (χ4n) is 2.27. The fraction of sp³-hybridized carbons (Fsp3) is 0.278. The summed E-state index contributed by atoms with van der Waals surface area (Å²) >= 11 is 1.34. The standard InChI is InChI=1S/C18H20N4O2S/c1-20-17(24)14-5-3-13(4-6-14)12-22(2)9-7-16(23)21-18-15(11-19)8-10-25-18/h3-6,8,10H,7,9,12H2,1-2H3,(H,20,24)(H,21,23). The molecule has 0 aliphatic carbocycles. The topological polar surface area (TPSA) is 85.2 Å². The molecule has 1 heterocycles. The fourth-order valence-corrected chi connectivity index (χ4v) is 3.03. The minimum Gasteiger partial charge on any atom is -0.355 e. The average Bonchev–Trinajstić information content (AvgIpc) is 3.07. The van der Waals surface area contributed by atoms with Gasteiger partial charge in [0.1, 0.15) is 11.1 Å². The maximum absolute atomic E-state index is 12.0. The van der Waals surface area contributed by atoms with Crippen LogP contribution in [-0.2, 0) is 11.3 Å². The van der Waals surface area contributed by atoms with Crippen molar-refractivity contribution in [1.82, 2.24) is 10.2 Å². The Bertz CT molecular complexity index is 777. The number of rotatable bonds is 7. The second-order valence-corrected chi connectivity index (χ2v) is 6.50. The minimum atomic E-state index is -0.110. The van der Waals surface area contributed by atoms with Crippen LogP contribution in [-0.4, -0.2) is 37.4 Å². The van der Waals surface area contributed by atoms with Gasteiger partial charge in [-0.1, -0.05) is 12.1 Å². The number of anilines is 1. The number of benzene rings is 1. The van der Waals surface area contributed by atoms with Crippen molar-refractivity contribution in [3.8, 4) is 6.07 Å². The summed E-state index contributed by atoms with van der Waals surface area (Å²) in [5.41, 5.74) is 2.18. The number of nitrogens with one attached hydrogen (secondary N) is 2. The van der Waals surface area contributed by atoms with Crippen LogP contribution < -0.4 is 10.6 Å². The van der Waals surface area contributed by atoms with Gasteiger partial charge in [-0.25, -0.2) is 0 Å². The van der Waals surface area contributed by atoms with Gasteiger partial charge in [0.05, 0.1) is 5.56 Å². The molecular weight excluding hydrogens is 336 g/mol. The molecule has 0 radical (unpaired) electrons. The number of carbonyl (C=O) groups excluding carboxylic acids is 2. The van der Waals surface area contributed by atoms with Crippen molar-refractivity contribution < 1.29 is 9.59 Å². The predicted molar refractivity (Wildman–Crippen MR) is 98.4 cm³/mol. The number of thiophene rings is 1. The molecule has 7 heteroatoms. The lowest BCUT2D eigenvalue weighted by Crippen LogP contribution is -2.24. The molecule has 2 rings (SSSR count). The van der Waals surface area contributed by atoms with Gasteiger partial charge in [0.2, 0.25) is 5.91 Å². The predicted octanol–water partition coefficient (Wildman–Crippen LogP) is 2.44. The van der Waals surface area contributed by atoms with E-state index in [1.807, 2.05) is 24.1 Å². The Kier molecular flexibility index (Phi) is 6.69. The van der Waals surface area contributed by atoms with Crippen molar-refractivity contribution in [2.45, 2.75) is 13.0 Å². The Morgan fingerprint density at radius 1 is 1.24 bits per heavy atom. The Labute approximate surface area is 151 Å².